The lowest BCUT2D eigenvalue weighted by atomic mass is 9.97. The molecule has 2 heterocycles. The second kappa shape index (κ2) is 8.58. The number of carboxylic acid groups (broad SMARTS) is 1. The van der Waals surface area contributed by atoms with Crippen LogP contribution in [0.25, 0.3) is 0 Å². The number of thioether (sulfide) groups is 2. The minimum absolute atomic E-state index is 0.0408. The highest BCUT2D eigenvalue weighted by Crippen LogP contribution is 2.41. The summed E-state index contributed by atoms with van der Waals surface area (Å²) >= 11 is 2.82. The molecule has 1 aromatic rings. The Morgan fingerprint density at radius 1 is 1.33 bits per heavy atom. The van der Waals surface area contributed by atoms with Crippen LogP contribution in [0.1, 0.15) is 5.56 Å². The second-order valence-electron chi connectivity index (χ2n) is 6.71. The number of carboxylic acids is 1. The number of carbonyl (C=O) groups is 4. The van der Waals surface area contributed by atoms with Crippen molar-refractivity contribution in [2.45, 2.75) is 17.1 Å². The van der Waals surface area contributed by atoms with Crippen LogP contribution in [0.4, 0.5) is 4.79 Å². The number of primary amides is 1. The van der Waals surface area contributed by atoms with E-state index in [1.165, 1.54) is 28.4 Å². The van der Waals surface area contributed by atoms with Gasteiger partial charge < -0.3 is 21.5 Å². The van der Waals surface area contributed by atoms with Gasteiger partial charge in [-0.1, -0.05) is 30.3 Å². The fraction of sp³-hybridized carbons (Fsp3) is 0.333. The van der Waals surface area contributed by atoms with Gasteiger partial charge in [-0.2, -0.15) is 11.8 Å². The Labute approximate surface area is 180 Å². The van der Waals surface area contributed by atoms with Gasteiger partial charge in [0.25, 0.3) is 11.8 Å². The fourth-order valence-electron chi connectivity index (χ4n) is 3.38. The molecule has 1 fully saturated rings. The number of benzene rings is 1. The summed E-state index contributed by atoms with van der Waals surface area (Å²) in [5, 5.41) is 13.8. The van der Waals surface area contributed by atoms with Crippen LogP contribution in [0.15, 0.2) is 41.6 Å². The molecule has 0 saturated carbocycles. The quantitative estimate of drug-likeness (QED) is 0.275. The van der Waals surface area contributed by atoms with Crippen molar-refractivity contribution in [3.63, 3.8) is 0 Å². The largest absolute Gasteiger partial charge is 0.477 e. The number of hydrogen-bond donors (Lipinski definition) is 5. The van der Waals surface area contributed by atoms with E-state index in [-0.39, 0.29) is 11.3 Å². The van der Waals surface area contributed by atoms with E-state index in [0.717, 1.165) is 0 Å². The van der Waals surface area contributed by atoms with Crippen LogP contribution in [-0.4, -0.2) is 63.0 Å². The standard InChI is InChI=1S/C18H21N5O5S2/c1-29-7-9-8-30-14-11(13(24)23(14)12(9)15(25)26)21-16(27)18(20,22-17(19)28)10-5-3-2-4-6-10/h2-6,11,14H,7-8,20H2,1H3,(H,21,27)(H,25,26)(H3,19,22,28)/t11?,14-,18?/m1/s1. The summed E-state index contributed by atoms with van der Waals surface area (Å²) in [4.78, 5) is 50.1. The zero-order valence-corrected chi connectivity index (χ0v) is 17.6. The van der Waals surface area contributed by atoms with E-state index in [9.17, 15) is 24.3 Å². The molecule has 0 spiro atoms. The summed E-state index contributed by atoms with van der Waals surface area (Å²) in [7, 11) is 0. The predicted octanol–water partition coefficient (Wildman–Crippen LogP) is -0.432. The fourth-order valence-corrected chi connectivity index (χ4v) is 5.44. The number of nitrogens with one attached hydrogen (secondary N) is 2. The van der Waals surface area contributed by atoms with E-state index in [2.05, 4.69) is 10.6 Å². The summed E-state index contributed by atoms with van der Waals surface area (Å²) in [6, 6.07) is 6.08. The zero-order chi connectivity index (χ0) is 22.1. The van der Waals surface area contributed by atoms with E-state index in [0.29, 0.717) is 17.1 Å². The van der Waals surface area contributed by atoms with Crippen LogP contribution < -0.4 is 22.1 Å². The van der Waals surface area contributed by atoms with Crippen LogP contribution in [0.3, 0.4) is 0 Å². The number of rotatable bonds is 7. The summed E-state index contributed by atoms with van der Waals surface area (Å²) < 4.78 is 0. The molecule has 2 aliphatic heterocycles. The van der Waals surface area contributed by atoms with E-state index in [1.54, 1.807) is 30.3 Å². The van der Waals surface area contributed by atoms with Crippen molar-refractivity contribution in [3.05, 3.63) is 47.2 Å². The second-order valence-corrected chi connectivity index (χ2v) is 8.69. The van der Waals surface area contributed by atoms with E-state index >= 15 is 0 Å². The lowest BCUT2D eigenvalue weighted by molar-refractivity contribution is -0.151. The maximum absolute atomic E-state index is 13.0. The molecule has 2 aliphatic rings. The summed E-state index contributed by atoms with van der Waals surface area (Å²) in [5.74, 6) is -1.65. The SMILES string of the molecule is CSCC1=C(C(=O)O)N2C(=O)C(NC(=O)C(N)(NC(N)=O)c3ccccc3)[C@H]2SC1. The molecule has 0 aromatic heterocycles. The number of nitrogens with zero attached hydrogens (tertiary/aromatic N) is 1. The highest BCUT2D eigenvalue weighted by atomic mass is 32.2. The number of aliphatic carboxylic acids is 1. The van der Waals surface area contributed by atoms with Crippen LogP contribution in [-0.2, 0) is 20.0 Å². The first kappa shape index (κ1) is 22.0. The number of β-lactam (4-membered cyclic amide) rings is 1. The Morgan fingerprint density at radius 2 is 2.00 bits per heavy atom. The Kier molecular flexibility index (Phi) is 6.29. The molecule has 4 amide bonds. The van der Waals surface area contributed by atoms with Gasteiger partial charge in [-0.05, 0) is 11.8 Å². The Balaban J connectivity index is 1.83. The number of urea groups is 1. The van der Waals surface area contributed by atoms with Gasteiger partial charge in [0.05, 0.1) is 0 Å². The van der Waals surface area contributed by atoms with Crippen molar-refractivity contribution in [1.29, 1.82) is 0 Å². The van der Waals surface area contributed by atoms with Gasteiger partial charge >= 0.3 is 12.0 Å². The van der Waals surface area contributed by atoms with Gasteiger partial charge in [0.15, 0.2) is 5.66 Å². The maximum Gasteiger partial charge on any atom is 0.352 e. The maximum atomic E-state index is 13.0. The lowest BCUT2D eigenvalue weighted by Crippen LogP contribution is -2.74. The van der Waals surface area contributed by atoms with Crippen molar-refractivity contribution < 1.29 is 24.3 Å². The van der Waals surface area contributed by atoms with Gasteiger partial charge in [0, 0.05) is 17.1 Å². The Bertz CT molecular complexity index is 925. The topological polar surface area (TPSA) is 168 Å². The van der Waals surface area contributed by atoms with Crippen LogP contribution in [0.2, 0.25) is 0 Å². The number of nitrogens with two attached hydrogens (primary N) is 2. The molecule has 0 radical (unpaired) electrons. The number of hydrogen-bond acceptors (Lipinski definition) is 7. The summed E-state index contributed by atoms with van der Waals surface area (Å²) in [5.41, 5.74) is 10.3. The molecular formula is C18H21N5O5S2. The minimum atomic E-state index is -2.00. The average molecular weight is 452 g/mol. The number of carbonyl (C=O) groups excluding carboxylic acids is 3. The third-order valence-electron chi connectivity index (χ3n) is 4.76. The molecule has 3 rings (SSSR count). The number of fused-ring (bicyclic) bond motifs is 1. The molecule has 0 bridgehead atoms. The van der Waals surface area contributed by atoms with Gasteiger partial charge in [-0.25, -0.2) is 9.59 Å². The highest BCUT2D eigenvalue weighted by Gasteiger charge is 2.55. The van der Waals surface area contributed by atoms with Gasteiger partial charge in [0.2, 0.25) is 0 Å². The summed E-state index contributed by atoms with van der Waals surface area (Å²) in [6.45, 7) is 0. The molecule has 3 atom stereocenters. The van der Waals surface area contributed by atoms with Crippen molar-refractivity contribution in [3.8, 4) is 0 Å². The van der Waals surface area contributed by atoms with E-state index < -0.39 is 40.9 Å². The smallest absolute Gasteiger partial charge is 0.352 e. The Hall–Kier alpha value is -2.70. The molecule has 160 valence electrons. The van der Waals surface area contributed by atoms with E-state index in [1.807, 2.05) is 6.26 Å². The first-order valence-electron chi connectivity index (χ1n) is 8.82. The highest BCUT2D eigenvalue weighted by molar-refractivity contribution is 8.00. The van der Waals surface area contributed by atoms with Crippen LogP contribution >= 0.6 is 23.5 Å². The normalized spacial score (nSPS) is 22.5. The number of amides is 4. The lowest BCUT2D eigenvalue weighted by Gasteiger charge is -2.50. The predicted molar refractivity (Wildman–Crippen MR) is 113 cm³/mol. The minimum Gasteiger partial charge on any atom is -0.477 e. The molecule has 1 aromatic carbocycles. The first-order valence-corrected chi connectivity index (χ1v) is 11.3. The zero-order valence-electron chi connectivity index (χ0n) is 16.0. The molecule has 1 saturated heterocycles. The third kappa shape index (κ3) is 3.85. The van der Waals surface area contributed by atoms with E-state index in [4.69, 9.17) is 11.5 Å². The third-order valence-corrected chi connectivity index (χ3v) is 6.74. The molecule has 7 N–H and O–H groups in total. The average Bonchev–Trinajstić information content (AvgIpc) is 2.71. The monoisotopic (exact) mass is 451 g/mol. The van der Waals surface area contributed by atoms with Crippen molar-refractivity contribution in [2.75, 3.05) is 17.8 Å². The van der Waals surface area contributed by atoms with Crippen molar-refractivity contribution in [2.24, 2.45) is 11.5 Å². The van der Waals surface area contributed by atoms with Gasteiger partial charge in [-0.15, -0.1) is 11.8 Å². The van der Waals surface area contributed by atoms with Gasteiger partial charge in [0.1, 0.15) is 17.1 Å². The summed E-state index contributed by atoms with van der Waals surface area (Å²) in [6.07, 6.45) is 1.85. The molecular weight excluding hydrogens is 430 g/mol. The molecule has 12 heteroatoms. The van der Waals surface area contributed by atoms with Crippen LogP contribution in [0.5, 0.6) is 0 Å². The molecule has 2 unspecified atom stereocenters. The van der Waals surface area contributed by atoms with Crippen LogP contribution in [0, 0.1) is 0 Å². The molecule has 30 heavy (non-hydrogen) atoms. The van der Waals surface area contributed by atoms with Gasteiger partial charge in [-0.3, -0.25) is 20.2 Å². The Morgan fingerprint density at radius 3 is 2.57 bits per heavy atom. The van der Waals surface area contributed by atoms with Crippen molar-refractivity contribution in [1.82, 2.24) is 15.5 Å². The molecule has 10 nitrogen and oxygen atoms in total. The van der Waals surface area contributed by atoms with Crippen molar-refractivity contribution >= 4 is 47.3 Å². The molecule has 0 aliphatic carbocycles. The first-order chi connectivity index (χ1) is 14.2.